The zero-order valence-corrected chi connectivity index (χ0v) is 21.3. The quantitative estimate of drug-likeness (QED) is 0.105. The molecule has 0 bridgehead atoms. The van der Waals surface area contributed by atoms with Crippen molar-refractivity contribution in [1.29, 1.82) is 0 Å². The van der Waals surface area contributed by atoms with E-state index >= 15 is 0 Å². The number of hydrogen-bond acceptors (Lipinski definition) is 4. The first-order valence-corrected chi connectivity index (χ1v) is 12.4. The lowest BCUT2D eigenvalue weighted by Gasteiger charge is -2.24. The summed E-state index contributed by atoms with van der Waals surface area (Å²) in [5, 5.41) is 8.53. The van der Waals surface area contributed by atoms with Crippen LogP contribution in [0.25, 0.3) is 6.08 Å². The number of benzene rings is 1. The molecular weight excluding hydrogens is 444 g/mol. The lowest BCUT2D eigenvalue weighted by molar-refractivity contribution is -0.131. The van der Waals surface area contributed by atoms with E-state index in [4.69, 9.17) is 11.5 Å². The molecular formula is C26H42N6O3. The first-order valence-electron chi connectivity index (χ1n) is 12.4. The van der Waals surface area contributed by atoms with Gasteiger partial charge in [-0.1, -0.05) is 63.9 Å². The van der Waals surface area contributed by atoms with Gasteiger partial charge in [-0.05, 0) is 43.2 Å². The van der Waals surface area contributed by atoms with Crippen molar-refractivity contribution in [3.63, 3.8) is 0 Å². The molecule has 0 aliphatic rings. The molecule has 0 saturated heterocycles. The Morgan fingerprint density at radius 1 is 0.971 bits per heavy atom. The fourth-order valence-electron chi connectivity index (χ4n) is 3.39. The van der Waals surface area contributed by atoms with E-state index in [1.54, 1.807) is 6.08 Å². The van der Waals surface area contributed by atoms with E-state index in [-0.39, 0.29) is 29.6 Å². The number of nitrogens with zero attached hydrogens (tertiary/aromatic N) is 1. The molecule has 0 spiro atoms. The Labute approximate surface area is 209 Å². The summed E-state index contributed by atoms with van der Waals surface area (Å²) in [5.74, 6) is -0.693. The molecule has 0 fully saturated rings. The molecule has 0 radical (unpaired) electrons. The number of hydrogen-bond donors (Lipinski definition) is 5. The van der Waals surface area contributed by atoms with E-state index in [0.717, 1.165) is 24.8 Å². The second-order valence-electron chi connectivity index (χ2n) is 8.94. The van der Waals surface area contributed by atoms with Gasteiger partial charge in [0, 0.05) is 19.2 Å². The molecule has 0 aromatic heterocycles. The van der Waals surface area contributed by atoms with Crippen LogP contribution in [0.15, 0.2) is 41.4 Å². The summed E-state index contributed by atoms with van der Waals surface area (Å²) in [7, 11) is 0. The summed E-state index contributed by atoms with van der Waals surface area (Å²) < 4.78 is 0. The number of guanidine groups is 1. The predicted octanol–water partition coefficient (Wildman–Crippen LogP) is 2.08. The van der Waals surface area contributed by atoms with Crippen LogP contribution in [0.5, 0.6) is 0 Å². The third-order valence-electron chi connectivity index (χ3n) is 5.22. The largest absolute Gasteiger partial charge is 0.370 e. The second kappa shape index (κ2) is 17.1. The maximum atomic E-state index is 13.1. The van der Waals surface area contributed by atoms with Gasteiger partial charge in [0.1, 0.15) is 12.1 Å². The standard InChI is InChI=1S/C26H42N6O3/c1-4-5-13-21(31-23(33)15-14-20-11-7-6-8-12-20)25(35)32-22(18-19(2)3)24(34)29-16-9-10-17-30-26(27)28/h6-8,11-12,14-15,19,21-22H,4-5,9-10,13,16-18H2,1-3H3,(H,29,34)(H,31,33)(H,32,35)(H4,27,28,30)/b15-14+. The van der Waals surface area contributed by atoms with Crippen molar-refractivity contribution in [3.05, 3.63) is 42.0 Å². The third kappa shape index (κ3) is 13.8. The van der Waals surface area contributed by atoms with E-state index < -0.39 is 12.1 Å². The van der Waals surface area contributed by atoms with Crippen LogP contribution in [-0.2, 0) is 14.4 Å². The molecule has 2 atom stereocenters. The number of aliphatic imine (C=N–C) groups is 1. The van der Waals surface area contributed by atoms with Crippen LogP contribution in [0.1, 0.15) is 64.9 Å². The van der Waals surface area contributed by atoms with Crippen LogP contribution >= 0.6 is 0 Å². The van der Waals surface area contributed by atoms with E-state index in [9.17, 15) is 14.4 Å². The highest BCUT2D eigenvalue weighted by Crippen LogP contribution is 2.08. The first-order chi connectivity index (χ1) is 16.7. The number of rotatable bonds is 16. The number of carbonyl (C=O) groups excluding carboxylic acids is 3. The van der Waals surface area contributed by atoms with Crippen molar-refractivity contribution in [3.8, 4) is 0 Å². The molecule has 7 N–H and O–H groups in total. The maximum Gasteiger partial charge on any atom is 0.244 e. The van der Waals surface area contributed by atoms with Gasteiger partial charge in [-0.2, -0.15) is 0 Å². The fraction of sp³-hybridized carbons (Fsp3) is 0.538. The summed E-state index contributed by atoms with van der Waals surface area (Å²) in [4.78, 5) is 42.2. The predicted molar refractivity (Wildman–Crippen MR) is 141 cm³/mol. The molecule has 9 nitrogen and oxygen atoms in total. The highest BCUT2D eigenvalue weighted by Gasteiger charge is 2.26. The number of nitrogens with one attached hydrogen (secondary N) is 3. The fourth-order valence-corrected chi connectivity index (χ4v) is 3.39. The van der Waals surface area contributed by atoms with Crippen LogP contribution in [0.4, 0.5) is 0 Å². The lowest BCUT2D eigenvalue weighted by atomic mass is 10.0. The van der Waals surface area contributed by atoms with Crippen molar-refractivity contribution >= 4 is 29.8 Å². The van der Waals surface area contributed by atoms with E-state index in [0.29, 0.717) is 32.4 Å². The van der Waals surface area contributed by atoms with Gasteiger partial charge in [0.15, 0.2) is 5.96 Å². The average Bonchev–Trinajstić information content (AvgIpc) is 2.82. The SMILES string of the molecule is CCCCC(NC(=O)/C=C/c1ccccc1)C(=O)NC(CC(C)C)C(=O)NCCCCN=C(N)N. The molecule has 1 aromatic rings. The minimum atomic E-state index is -0.718. The van der Waals surface area contributed by atoms with Gasteiger partial charge < -0.3 is 27.4 Å². The molecule has 0 aliphatic carbocycles. The Morgan fingerprint density at radius 2 is 1.69 bits per heavy atom. The lowest BCUT2D eigenvalue weighted by Crippen LogP contribution is -2.54. The van der Waals surface area contributed by atoms with Gasteiger partial charge in [0.2, 0.25) is 17.7 Å². The molecule has 1 aromatic carbocycles. The van der Waals surface area contributed by atoms with Gasteiger partial charge in [0.05, 0.1) is 0 Å². The average molecular weight is 487 g/mol. The van der Waals surface area contributed by atoms with Crippen molar-refractivity contribution < 1.29 is 14.4 Å². The summed E-state index contributed by atoms with van der Waals surface area (Å²) >= 11 is 0. The smallest absolute Gasteiger partial charge is 0.244 e. The molecule has 9 heteroatoms. The van der Waals surface area contributed by atoms with Crippen molar-refractivity contribution in [2.24, 2.45) is 22.4 Å². The Morgan fingerprint density at radius 3 is 2.31 bits per heavy atom. The molecule has 2 unspecified atom stereocenters. The maximum absolute atomic E-state index is 13.1. The highest BCUT2D eigenvalue weighted by atomic mass is 16.2. The minimum absolute atomic E-state index is 0.0500. The monoisotopic (exact) mass is 486 g/mol. The summed E-state index contributed by atoms with van der Waals surface area (Å²) in [5.41, 5.74) is 11.5. The number of unbranched alkanes of at least 4 members (excludes halogenated alkanes) is 2. The highest BCUT2D eigenvalue weighted by molar-refractivity contribution is 5.96. The van der Waals surface area contributed by atoms with Crippen molar-refractivity contribution in [1.82, 2.24) is 16.0 Å². The number of amides is 3. The van der Waals surface area contributed by atoms with E-state index in [1.165, 1.54) is 6.08 Å². The Balaban J connectivity index is 2.72. The number of carbonyl (C=O) groups is 3. The van der Waals surface area contributed by atoms with E-state index in [2.05, 4.69) is 20.9 Å². The zero-order chi connectivity index (χ0) is 26.1. The van der Waals surface area contributed by atoms with Crippen LogP contribution in [0.2, 0.25) is 0 Å². The normalized spacial score (nSPS) is 12.7. The van der Waals surface area contributed by atoms with Crippen LogP contribution in [-0.4, -0.2) is 48.9 Å². The Bertz CT molecular complexity index is 835. The second-order valence-corrected chi connectivity index (χ2v) is 8.94. The molecule has 0 heterocycles. The Hall–Kier alpha value is -3.36. The topological polar surface area (TPSA) is 152 Å². The van der Waals surface area contributed by atoms with Gasteiger partial charge in [-0.15, -0.1) is 0 Å². The minimum Gasteiger partial charge on any atom is -0.370 e. The number of nitrogens with two attached hydrogens (primary N) is 2. The molecule has 0 aliphatic heterocycles. The van der Waals surface area contributed by atoms with Crippen LogP contribution < -0.4 is 27.4 Å². The Kier molecular flexibility index (Phi) is 14.5. The zero-order valence-electron chi connectivity index (χ0n) is 21.3. The van der Waals surface area contributed by atoms with Crippen molar-refractivity contribution in [2.45, 2.75) is 71.4 Å². The third-order valence-corrected chi connectivity index (χ3v) is 5.22. The summed E-state index contributed by atoms with van der Waals surface area (Å²) in [6.45, 7) is 6.97. The van der Waals surface area contributed by atoms with Gasteiger partial charge >= 0.3 is 0 Å². The molecule has 1 rings (SSSR count). The van der Waals surface area contributed by atoms with Gasteiger partial charge in [-0.3, -0.25) is 19.4 Å². The van der Waals surface area contributed by atoms with Crippen LogP contribution in [0, 0.1) is 5.92 Å². The van der Waals surface area contributed by atoms with Gasteiger partial charge in [0.25, 0.3) is 0 Å². The molecule has 0 saturated carbocycles. The summed E-state index contributed by atoms with van der Waals surface area (Å²) in [6, 6.07) is 8.06. The molecule has 35 heavy (non-hydrogen) atoms. The molecule has 3 amide bonds. The van der Waals surface area contributed by atoms with E-state index in [1.807, 2.05) is 51.1 Å². The van der Waals surface area contributed by atoms with Crippen molar-refractivity contribution in [2.75, 3.05) is 13.1 Å². The first kappa shape index (κ1) is 29.7. The molecule has 194 valence electrons. The van der Waals surface area contributed by atoms with Crippen LogP contribution in [0.3, 0.4) is 0 Å². The summed E-state index contributed by atoms with van der Waals surface area (Å²) in [6.07, 6.45) is 7.22. The van der Waals surface area contributed by atoms with Gasteiger partial charge in [-0.25, -0.2) is 0 Å².